The van der Waals surface area contributed by atoms with Crippen molar-refractivity contribution in [2.45, 2.75) is 38.5 Å². The van der Waals surface area contributed by atoms with Gasteiger partial charge in [0.1, 0.15) is 12.4 Å². The number of hydrogen-bond acceptors (Lipinski definition) is 4. The van der Waals surface area contributed by atoms with E-state index in [4.69, 9.17) is 9.47 Å². The lowest BCUT2D eigenvalue weighted by molar-refractivity contribution is 0.0909. The minimum absolute atomic E-state index is 0.0714. The highest BCUT2D eigenvalue weighted by atomic mass is 79.9. The molecule has 0 aliphatic carbocycles. The molecule has 0 saturated carbocycles. The quantitative estimate of drug-likeness (QED) is 0.853. The predicted molar refractivity (Wildman–Crippen MR) is 91.5 cm³/mol. The highest BCUT2D eigenvalue weighted by Gasteiger charge is 2.25. The summed E-state index contributed by atoms with van der Waals surface area (Å²) in [5.74, 6) is 1.34. The van der Waals surface area contributed by atoms with Crippen LogP contribution < -0.4 is 14.8 Å². The van der Waals surface area contributed by atoms with Crippen LogP contribution in [0.4, 0.5) is 0 Å². The Bertz CT molecular complexity index is 789. The summed E-state index contributed by atoms with van der Waals surface area (Å²) in [6.45, 7) is 3.25. The van der Waals surface area contributed by atoms with Crippen LogP contribution in [0, 0.1) is 0 Å². The molecule has 0 bridgehead atoms. The lowest BCUT2D eigenvalue weighted by Crippen LogP contribution is -2.42. The molecular formula is C17H18BrN3O3. The Morgan fingerprint density at radius 1 is 1.42 bits per heavy atom. The Hall–Kier alpha value is -2.02. The molecule has 2 aliphatic rings. The van der Waals surface area contributed by atoms with Crippen LogP contribution in [-0.4, -0.2) is 34.4 Å². The van der Waals surface area contributed by atoms with E-state index in [1.807, 2.05) is 25.1 Å². The number of nitrogens with zero attached hydrogens (tertiary/aromatic N) is 2. The molecule has 2 aliphatic heterocycles. The van der Waals surface area contributed by atoms with Gasteiger partial charge in [-0.05, 0) is 37.1 Å². The summed E-state index contributed by atoms with van der Waals surface area (Å²) < 4.78 is 14.2. The van der Waals surface area contributed by atoms with E-state index >= 15 is 0 Å². The maximum absolute atomic E-state index is 12.5. The molecule has 6 nitrogen and oxygen atoms in total. The number of hydrogen-bond donors (Lipinski definition) is 1. The van der Waals surface area contributed by atoms with Gasteiger partial charge in [-0.1, -0.05) is 15.9 Å². The maximum atomic E-state index is 12.5. The summed E-state index contributed by atoms with van der Waals surface area (Å²) in [7, 11) is 0. The Balaban J connectivity index is 1.45. The first-order chi connectivity index (χ1) is 11.6. The molecule has 0 fully saturated rings. The van der Waals surface area contributed by atoms with Crippen molar-refractivity contribution in [2.24, 2.45) is 0 Å². The molecule has 0 saturated heterocycles. The number of carbonyl (C=O) groups is 1. The van der Waals surface area contributed by atoms with Crippen LogP contribution in [0.25, 0.3) is 0 Å². The number of carbonyl (C=O) groups excluding carboxylic acids is 1. The largest absolute Gasteiger partial charge is 0.491 e. The topological polar surface area (TPSA) is 65.4 Å². The van der Waals surface area contributed by atoms with Crippen LogP contribution in [-0.2, 0) is 13.0 Å². The molecule has 2 atom stereocenters. The van der Waals surface area contributed by atoms with Gasteiger partial charge in [0, 0.05) is 23.5 Å². The number of benzene rings is 1. The van der Waals surface area contributed by atoms with Crippen LogP contribution in [0.1, 0.15) is 29.4 Å². The number of fused-ring (bicyclic) bond motifs is 2. The summed E-state index contributed by atoms with van der Waals surface area (Å²) in [5.41, 5.74) is 1.47. The highest BCUT2D eigenvalue weighted by Crippen LogP contribution is 2.28. The van der Waals surface area contributed by atoms with E-state index in [-0.39, 0.29) is 18.1 Å². The van der Waals surface area contributed by atoms with E-state index in [0.717, 1.165) is 35.2 Å². The van der Waals surface area contributed by atoms with E-state index < -0.39 is 0 Å². The average Bonchev–Trinajstić information content (AvgIpc) is 2.97. The molecule has 1 N–H and O–H groups in total. The van der Waals surface area contributed by atoms with Crippen molar-refractivity contribution in [3.05, 3.63) is 40.0 Å². The maximum Gasteiger partial charge on any atom is 0.272 e. The number of aryl methyl sites for hydroxylation is 1. The molecule has 2 aromatic rings. The highest BCUT2D eigenvalue weighted by molar-refractivity contribution is 9.10. The fraction of sp³-hybridized carbons (Fsp3) is 0.412. The first kappa shape index (κ1) is 15.5. The van der Waals surface area contributed by atoms with Gasteiger partial charge < -0.3 is 14.8 Å². The van der Waals surface area contributed by atoms with E-state index in [0.29, 0.717) is 18.2 Å². The van der Waals surface area contributed by atoms with Crippen molar-refractivity contribution >= 4 is 21.8 Å². The normalized spacial score (nSPS) is 21.9. The summed E-state index contributed by atoms with van der Waals surface area (Å²) in [4.78, 5) is 12.5. The van der Waals surface area contributed by atoms with Gasteiger partial charge in [0.25, 0.3) is 5.91 Å². The zero-order chi connectivity index (χ0) is 16.7. The first-order valence-corrected chi connectivity index (χ1v) is 8.84. The van der Waals surface area contributed by atoms with E-state index in [1.54, 1.807) is 10.7 Å². The van der Waals surface area contributed by atoms with Gasteiger partial charge in [-0.2, -0.15) is 5.10 Å². The van der Waals surface area contributed by atoms with Crippen LogP contribution in [0.15, 0.2) is 28.7 Å². The van der Waals surface area contributed by atoms with E-state index in [1.165, 1.54) is 0 Å². The molecule has 0 radical (unpaired) electrons. The number of rotatable bonds is 2. The van der Waals surface area contributed by atoms with E-state index in [9.17, 15) is 4.79 Å². The fourth-order valence-electron chi connectivity index (χ4n) is 3.05. The van der Waals surface area contributed by atoms with Gasteiger partial charge in [-0.25, -0.2) is 4.68 Å². The molecule has 3 heterocycles. The third-order valence-electron chi connectivity index (χ3n) is 4.31. The van der Waals surface area contributed by atoms with Gasteiger partial charge in [-0.3, -0.25) is 4.79 Å². The number of amides is 1. The van der Waals surface area contributed by atoms with Crippen LogP contribution in [0.5, 0.6) is 11.6 Å². The Kier molecular flexibility index (Phi) is 3.96. The minimum Gasteiger partial charge on any atom is -0.491 e. The van der Waals surface area contributed by atoms with Crippen molar-refractivity contribution in [2.75, 3.05) is 6.61 Å². The smallest absolute Gasteiger partial charge is 0.272 e. The summed E-state index contributed by atoms with van der Waals surface area (Å²) in [6, 6.07) is 7.56. The SMILES string of the molecule is C[C@@H]1CCn2nc(C(=O)N[C@H]3COc4ccc(Br)cc4C3)cc2O1. The standard InChI is InChI=1S/C17H18BrN3O3/c1-10-4-5-21-16(24-10)8-14(20-21)17(22)19-13-7-11-6-12(18)2-3-15(11)23-9-13/h2-3,6,8,10,13H,4-5,7,9H2,1H3,(H,19,22)/t10-,13-/m1/s1. The molecular weight excluding hydrogens is 374 g/mol. The second-order valence-electron chi connectivity index (χ2n) is 6.25. The van der Waals surface area contributed by atoms with Gasteiger partial charge in [0.2, 0.25) is 5.88 Å². The number of aromatic nitrogens is 2. The van der Waals surface area contributed by atoms with Crippen molar-refractivity contribution in [3.8, 4) is 11.6 Å². The van der Waals surface area contributed by atoms with Gasteiger partial charge in [0.15, 0.2) is 5.69 Å². The third-order valence-corrected chi connectivity index (χ3v) is 4.80. The molecule has 1 aromatic heterocycles. The Morgan fingerprint density at radius 2 is 2.29 bits per heavy atom. The number of nitrogens with one attached hydrogen (secondary N) is 1. The van der Waals surface area contributed by atoms with Crippen molar-refractivity contribution < 1.29 is 14.3 Å². The van der Waals surface area contributed by atoms with Crippen molar-refractivity contribution in [3.63, 3.8) is 0 Å². The molecule has 0 spiro atoms. The predicted octanol–water partition coefficient (Wildman–Crippen LogP) is 2.55. The molecule has 24 heavy (non-hydrogen) atoms. The van der Waals surface area contributed by atoms with Gasteiger partial charge in [-0.15, -0.1) is 0 Å². The van der Waals surface area contributed by atoms with Gasteiger partial charge in [0.05, 0.1) is 12.1 Å². The second-order valence-corrected chi connectivity index (χ2v) is 7.16. The van der Waals surface area contributed by atoms with Gasteiger partial charge >= 0.3 is 0 Å². The monoisotopic (exact) mass is 391 g/mol. The van der Waals surface area contributed by atoms with Crippen LogP contribution in [0.3, 0.4) is 0 Å². The zero-order valence-electron chi connectivity index (χ0n) is 13.3. The molecule has 1 aromatic carbocycles. The van der Waals surface area contributed by atoms with Crippen molar-refractivity contribution in [1.29, 1.82) is 0 Å². The van der Waals surface area contributed by atoms with E-state index in [2.05, 4.69) is 26.3 Å². The Morgan fingerprint density at radius 3 is 3.17 bits per heavy atom. The average molecular weight is 392 g/mol. The van der Waals surface area contributed by atoms with Crippen LogP contribution in [0.2, 0.25) is 0 Å². The zero-order valence-corrected chi connectivity index (χ0v) is 14.9. The molecule has 7 heteroatoms. The molecule has 1 amide bonds. The van der Waals surface area contributed by atoms with Crippen molar-refractivity contribution in [1.82, 2.24) is 15.1 Å². The lowest BCUT2D eigenvalue weighted by Gasteiger charge is -2.26. The summed E-state index contributed by atoms with van der Waals surface area (Å²) >= 11 is 3.47. The fourth-order valence-corrected chi connectivity index (χ4v) is 3.46. The van der Waals surface area contributed by atoms with Crippen LogP contribution >= 0.6 is 15.9 Å². The molecule has 126 valence electrons. The molecule has 0 unspecified atom stereocenters. The lowest BCUT2D eigenvalue weighted by atomic mass is 10.0. The summed E-state index contributed by atoms with van der Waals surface area (Å²) in [5, 5.41) is 7.35. The summed E-state index contributed by atoms with van der Waals surface area (Å²) in [6.07, 6.45) is 1.80. The first-order valence-electron chi connectivity index (χ1n) is 8.05. The molecule has 4 rings (SSSR count). The second kappa shape index (κ2) is 6.12. The Labute approximate surface area is 148 Å². The minimum atomic E-state index is -0.194. The third kappa shape index (κ3) is 3.00. The number of ether oxygens (including phenoxy) is 2. The number of halogens is 1.